The zero-order chi connectivity index (χ0) is 9.94. The molecular weight excluding hydrogens is 172 g/mol. The summed E-state index contributed by atoms with van der Waals surface area (Å²) in [5, 5.41) is 6.01. The van der Waals surface area contributed by atoms with Crippen LogP contribution in [-0.4, -0.2) is 32.7 Å². The first-order chi connectivity index (χ1) is 6.31. The molecule has 0 saturated heterocycles. The highest BCUT2D eigenvalue weighted by molar-refractivity contribution is 5.75. The molecule has 0 aromatic heterocycles. The van der Waals surface area contributed by atoms with Crippen LogP contribution in [0.1, 0.15) is 12.8 Å². The van der Waals surface area contributed by atoms with E-state index in [-0.39, 0.29) is 5.91 Å². The van der Waals surface area contributed by atoms with Crippen molar-refractivity contribution in [3.05, 3.63) is 10.4 Å². The average Bonchev–Trinajstić information content (AvgIpc) is 2.14. The van der Waals surface area contributed by atoms with Gasteiger partial charge in [-0.1, -0.05) is 5.11 Å². The molecule has 1 N–H and O–H groups in total. The van der Waals surface area contributed by atoms with Gasteiger partial charge in [-0.2, -0.15) is 0 Å². The minimum Gasteiger partial charge on any atom is -0.384 e. The number of ether oxygens (including phenoxy) is 1. The van der Waals surface area contributed by atoms with Crippen molar-refractivity contribution < 1.29 is 9.53 Å². The fourth-order valence-corrected chi connectivity index (χ4v) is 0.705. The molecule has 74 valence electrons. The normalized spacial score (nSPS) is 9.00. The Morgan fingerprint density at radius 3 is 3.08 bits per heavy atom. The number of carbonyl (C=O) groups excluding carboxylic acids is 1. The molecule has 6 heteroatoms. The van der Waals surface area contributed by atoms with Gasteiger partial charge in [-0.3, -0.25) is 4.79 Å². The van der Waals surface area contributed by atoms with Crippen LogP contribution in [0, 0.1) is 0 Å². The molecule has 0 heterocycles. The van der Waals surface area contributed by atoms with Crippen LogP contribution in [0.4, 0.5) is 0 Å². The van der Waals surface area contributed by atoms with E-state index in [2.05, 4.69) is 15.3 Å². The number of rotatable bonds is 7. The average molecular weight is 186 g/mol. The summed E-state index contributed by atoms with van der Waals surface area (Å²) >= 11 is 0. The molecule has 0 fully saturated rings. The quantitative estimate of drug-likeness (QED) is 0.276. The molecule has 0 spiro atoms. The summed E-state index contributed by atoms with van der Waals surface area (Å²) in [4.78, 5) is 13.5. The van der Waals surface area contributed by atoms with Crippen LogP contribution in [0.5, 0.6) is 0 Å². The van der Waals surface area contributed by atoms with Crippen molar-refractivity contribution in [1.29, 1.82) is 0 Å². The Morgan fingerprint density at radius 2 is 2.46 bits per heavy atom. The van der Waals surface area contributed by atoms with Gasteiger partial charge in [-0.15, -0.1) is 0 Å². The van der Waals surface area contributed by atoms with Gasteiger partial charge in [0.15, 0.2) is 0 Å². The molecular formula is C7H14N4O2. The number of nitrogens with one attached hydrogen (secondary N) is 1. The molecule has 6 nitrogen and oxygen atoms in total. The van der Waals surface area contributed by atoms with E-state index < -0.39 is 0 Å². The summed E-state index contributed by atoms with van der Waals surface area (Å²) < 4.78 is 4.73. The molecule has 0 aliphatic heterocycles. The molecule has 0 aromatic rings. The highest BCUT2D eigenvalue weighted by Gasteiger charge is 1.97. The Morgan fingerprint density at radius 1 is 1.69 bits per heavy atom. The predicted octanol–water partition coefficient (Wildman–Crippen LogP) is 0.839. The van der Waals surface area contributed by atoms with Crippen LogP contribution in [0.3, 0.4) is 0 Å². The van der Waals surface area contributed by atoms with Crippen LogP contribution in [0.2, 0.25) is 0 Å². The van der Waals surface area contributed by atoms with Crippen LogP contribution < -0.4 is 5.32 Å². The number of carbonyl (C=O) groups is 1. The third kappa shape index (κ3) is 8.65. The SMILES string of the molecule is COCCC(=O)NCCCN=[N+]=[N-]. The molecule has 0 bridgehead atoms. The summed E-state index contributed by atoms with van der Waals surface area (Å²) in [6, 6.07) is 0. The lowest BCUT2D eigenvalue weighted by Crippen LogP contribution is -2.25. The van der Waals surface area contributed by atoms with Gasteiger partial charge in [0.1, 0.15) is 0 Å². The summed E-state index contributed by atoms with van der Waals surface area (Å²) in [7, 11) is 1.55. The van der Waals surface area contributed by atoms with E-state index in [0.717, 1.165) is 0 Å². The lowest BCUT2D eigenvalue weighted by atomic mass is 10.4. The van der Waals surface area contributed by atoms with Crippen molar-refractivity contribution in [3.63, 3.8) is 0 Å². The summed E-state index contributed by atoms with van der Waals surface area (Å²) in [5.41, 5.74) is 7.95. The van der Waals surface area contributed by atoms with Crippen LogP contribution in [-0.2, 0) is 9.53 Å². The van der Waals surface area contributed by atoms with E-state index >= 15 is 0 Å². The zero-order valence-electron chi connectivity index (χ0n) is 7.69. The zero-order valence-corrected chi connectivity index (χ0v) is 7.69. The van der Waals surface area contributed by atoms with E-state index in [9.17, 15) is 4.79 Å². The Bertz CT molecular complexity index is 189. The maximum Gasteiger partial charge on any atom is 0.222 e. The standard InChI is InChI=1S/C7H14N4O2/c1-13-6-3-7(12)9-4-2-5-10-11-8/h2-6H2,1H3,(H,9,12). The molecule has 0 unspecified atom stereocenters. The smallest absolute Gasteiger partial charge is 0.222 e. The number of nitrogens with zero attached hydrogens (tertiary/aromatic N) is 3. The fourth-order valence-electron chi connectivity index (χ4n) is 0.705. The molecule has 13 heavy (non-hydrogen) atoms. The van der Waals surface area contributed by atoms with Crippen molar-refractivity contribution in [2.24, 2.45) is 5.11 Å². The molecule has 0 saturated carbocycles. The lowest BCUT2D eigenvalue weighted by molar-refractivity contribution is -0.121. The monoisotopic (exact) mass is 186 g/mol. The Labute approximate surface area is 76.9 Å². The molecule has 0 aliphatic carbocycles. The van der Waals surface area contributed by atoms with E-state index in [1.54, 1.807) is 7.11 Å². The van der Waals surface area contributed by atoms with Crippen molar-refractivity contribution in [1.82, 2.24) is 5.32 Å². The number of amides is 1. The fraction of sp³-hybridized carbons (Fsp3) is 0.857. The van der Waals surface area contributed by atoms with Gasteiger partial charge in [-0.05, 0) is 12.0 Å². The van der Waals surface area contributed by atoms with Crippen LogP contribution in [0.25, 0.3) is 10.4 Å². The molecule has 0 atom stereocenters. The summed E-state index contributed by atoms with van der Waals surface area (Å²) in [6.07, 6.45) is 1.04. The van der Waals surface area contributed by atoms with Crippen molar-refractivity contribution in [3.8, 4) is 0 Å². The summed E-state index contributed by atoms with van der Waals surface area (Å²) in [6.45, 7) is 1.39. The molecule has 0 radical (unpaired) electrons. The van der Waals surface area contributed by atoms with Gasteiger partial charge >= 0.3 is 0 Å². The second-order valence-corrected chi connectivity index (χ2v) is 2.40. The maximum atomic E-state index is 10.9. The predicted molar refractivity (Wildman–Crippen MR) is 48.1 cm³/mol. The minimum atomic E-state index is -0.0391. The Balaban J connectivity index is 3.21. The van der Waals surface area contributed by atoms with E-state index in [4.69, 9.17) is 10.3 Å². The van der Waals surface area contributed by atoms with Gasteiger partial charge in [0.2, 0.25) is 5.91 Å². The van der Waals surface area contributed by atoms with Crippen molar-refractivity contribution in [2.75, 3.05) is 26.8 Å². The second-order valence-electron chi connectivity index (χ2n) is 2.40. The Hall–Kier alpha value is -1.26. The van der Waals surface area contributed by atoms with Gasteiger partial charge in [0.25, 0.3) is 0 Å². The van der Waals surface area contributed by atoms with Gasteiger partial charge < -0.3 is 10.1 Å². The van der Waals surface area contributed by atoms with Crippen molar-refractivity contribution >= 4 is 5.91 Å². The van der Waals surface area contributed by atoms with Gasteiger partial charge in [-0.25, -0.2) is 0 Å². The van der Waals surface area contributed by atoms with E-state index in [0.29, 0.717) is 32.5 Å². The highest BCUT2D eigenvalue weighted by atomic mass is 16.5. The topological polar surface area (TPSA) is 87.1 Å². The van der Waals surface area contributed by atoms with Gasteiger partial charge in [0, 0.05) is 31.5 Å². The minimum absolute atomic E-state index is 0.0391. The first-order valence-electron chi connectivity index (χ1n) is 4.07. The third-order valence-corrected chi connectivity index (χ3v) is 1.35. The number of azide groups is 1. The first kappa shape index (κ1) is 11.7. The van der Waals surface area contributed by atoms with E-state index in [1.165, 1.54) is 0 Å². The lowest BCUT2D eigenvalue weighted by Gasteiger charge is -2.02. The third-order valence-electron chi connectivity index (χ3n) is 1.35. The number of hydrogen-bond acceptors (Lipinski definition) is 3. The molecule has 0 aliphatic rings. The first-order valence-corrected chi connectivity index (χ1v) is 4.07. The van der Waals surface area contributed by atoms with Crippen LogP contribution >= 0.6 is 0 Å². The largest absolute Gasteiger partial charge is 0.384 e. The number of methoxy groups -OCH3 is 1. The Kier molecular flexibility index (Phi) is 7.98. The van der Waals surface area contributed by atoms with Crippen molar-refractivity contribution in [2.45, 2.75) is 12.8 Å². The van der Waals surface area contributed by atoms with E-state index in [1.807, 2.05) is 0 Å². The number of hydrogen-bond donors (Lipinski definition) is 1. The molecule has 0 rings (SSSR count). The highest BCUT2D eigenvalue weighted by Crippen LogP contribution is 1.83. The second kappa shape index (κ2) is 8.83. The maximum absolute atomic E-state index is 10.9. The van der Waals surface area contributed by atoms with Crippen LogP contribution in [0.15, 0.2) is 5.11 Å². The summed E-state index contributed by atoms with van der Waals surface area (Å²) in [5.74, 6) is -0.0391. The molecule has 1 amide bonds. The van der Waals surface area contributed by atoms with Gasteiger partial charge in [0.05, 0.1) is 6.61 Å². The molecule has 0 aromatic carbocycles.